The first kappa shape index (κ1) is 34.0. The molecule has 3 nitrogen and oxygen atoms in total. The minimum Gasteiger partial charge on any atom is -0.478 e. The van der Waals surface area contributed by atoms with Gasteiger partial charge in [-0.3, -0.25) is 0 Å². The molecule has 0 saturated heterocycles. The highest BCUT2D eigenvalue weighted by atomic mass is 16.4. The molecule has 5 aliphatic carbocycles. The van der Waals surface area contributed by atoms with E-state index in [1.807, 2.05) is 19.1 Å². The van der Waals surface area contributed by atoms with E-state index >= 15 is 0 Å². The minimum absolute atomic E-state index is 0.0730. The van der Waals surface area contributed by atoms with Gasteiger partial charge in [0, 0.05) is 0 Å². The normalized spacial score (nSPS) is 40.4. The average molecular weight is 590 g/mol. The van der Waals surface area contributed by atoms with Crippen molar-refractivity contribution in [2.45, 2.75) is 126 Å². The summed E-state index contributed by atoms with van der Waals surface area (Å²) in [5.41, 5.74) is 11.1. The molecule has 3 heteroatoms. The monoisotopic (exact) mass is 589 g/mol. The summed E-state index contributed by atoms with van der Waals surface area (Å²) in [5, 5.41) is 9.37. The molecule has 7 unspecified atom stereocenters. The van der Waals surface area contributed by atoms with Crippen LogP contribution < -0.4 is 5.73 Å². The fraction of sp³-hybridized carbons (Fsp3) is 0.725. The van der Waals surface area contributed by atoms with Gasteiger partial charge in [0.1, 0.15) is 0 Å². The second-order valence-electron chi connectivity index (χ2n) is 16.3. The lowest BCUT2D eigenvalue weighted by atomic mass is 9.32. The summed E-state index contributed by atoms with van der Waals surface area (Å²) < 4.78 is 0. The Labute approximate surface area is 264 Å². The molecule has 4 fully saturated rings. The lowest BCUT2D eigenvalue weighted by Crippen LogP contribution is -2.65. The first-order valence-corrected chi connectivity index (χ1v) is 17.6. The van der Waals surface area contributed by atoms with Gasteiger partial charge in [-0.2, -0.15) is 0 Å². The first-order valence-electron chi connectivity index (χ1n) is 17.6. The van der Waals surface area contributed by atoms with Crippen molar-refractivity contribution in [2.75, 3.05) is 6.54 Å². The lowest BCUT2D eigenvalue weighted by molar-refractivity contribution is -0.221. The van der Waals surface area contributed by atoms with E-state index < -0.39 is 5.97 Å². The van der Waals surface area contributed by atoms with E-state index in [1.165, 1.54) is 75.3 Å². The zero-order chi connectivity index (χ0) is 31.8. The van der Waals surface area contributed by atoms with Crippen molar-refractivity contribution in [2.24, 2.45) is 56.5 Å². The van der Waals surface area contributed by atoms with Crippen molar-refractivity contribution in [3.05, 3.63) is 54.1 Å². The maximum absolute atomic E-state index is 11.4. The maximum Gasteiger partial charge on any atom is 0.335 e. The molecular weight excluding hydrogens is 526 g/mol. The second kappa shape index (κ2) is 12.5. The van der Waals surface area contributed by atoms with Crippen LogP contribution in [0.4, 0.5) is 0 Å². The van der Waals surface area contributed by atoms with E-state index in [1.54, 1.807) is 18.2 Å². The molecule has 240 valence electrons. The van der Waals surface area contributed by atoms with Crippen LogP contribution in [0.25, 0.3) is 5.57 Å². The summed E-state index contributed by atoms with van der Waals surface area (Å²) >= 11 is 0. The Kier molecular flexibility index (Phi) is 9.88. The van der Waals surface area contributed by atoms with Crippen LogP contribution in [0.3, 0.4) is 0 Å². The van der Waals surface area contributed by atoms with E-state index in [9.17, 15) is 9.90 Å². The Morgan fingerprint density at radius 1 is 0.907 bits per heavy atom. The number of aromatic carboxylic acids is 1. The molecule has 4 saturated carbocycles. The molecule has 0 amide bonds. The van der Waals surface area contributed by atoms with Crippen LogP contribution in [0.2, 0.25) is 0 Å². The largest absolute Gasteiger partial charge is 0.478 e. The third-order valence-corrected chi connectivity index (χ3v) is 14.0. The van der Waals surface area contributed by atoms with Crippen molar-refractivity contribution in [1.29, 1.82) is 0 Å². The fourth-order valence-electron chi connectivity index (χ4n) is 11.9. The number of fused-ring (bicyclic) bond motifs is 7. The third kappa shape index (κ3) is 5.28. The van der Waals surface area contributed by atoms with Gasteiger partial charge in [0.25, 0.3) is 0 Å². The first-order chi connectivity index (χ1) is 20.3. The molecule has 43 heavy (non-hydrogen) atoms. The molecule has 0 aliphatic heterocycles. The summed E-state index contributed by atoms with van der Waals surface area (Å²) in [6.07, 6.45) is 19.0. The molecule has 3 N–H and O–H groups in total. The van der Waals surface area contributed by atoms with Crippen molar-refractivity contribution < 1.29 is 9.90 Å². The van der Waals surface area contributed by atoms with Crippen molar-refractivity contribution in [1.82, 2.24) is 0 Å². The van der Waals surface area contributed by atoms with E-state index in [0.717, 1.165) is 30.7 Å². The van der Waals surface area contributed by atoms with Crippen LogP contribution in [0, 0.1) is 50.7 Å². The van der Waals surface area contributed by atoms with Crippen molar-refractivity contribution >= 4 is 11.5 Å². The van der Waals surface area contributed by atoms with Crippen molar-refractivity contribution in [3.63, 3.8) is 0 Å². The topological polar surface area (TPSA) is 63.3 Å². The van der Waals surface area contributed by atoms with Gasteiger partial charge in [-0.25, -0.2) is 4.79 Å². The maximum atomic E-state index is 11.4. The fourth-order valence-corrected chi connectivity index (χ4v) is 11.9. The summed E-state index contributed by atoms with van der Waals surface area (Å²) in [6, 6.07) is 7.62. The lowest BCUT2D eigenvalue weighted by Gasteiger charge is -2.72. The van der Waals surface area contributed by atoms with Crippen LogP contribution in [0.15, 0.2) is 43.0 Å². The molecule has 0 bridgehead atoms. The summed E-state index contributed by atoms with van der Waals surface area (Å²) in [5.74, 6) is 2.26. The highest BCUT2D eigenvalue weighted by Gasteiger charge is 2.69. The Morgan fingerprint density at radius 2 is 1.53 bits per heavy atom. The number of hydrogen-bond donors (Lipinski definition) is 2. The Bertz CT molecular complexity index is 1180. The molecule has 6 rings (SSSR count). The Balaban J connectivity index is 0.000000653. The predicted molar refractivity (Wildman–Crippen MR) is 183 cm³/mol. The quantitative estimate of drug-likeness (QED) is 0.345. The second-order valence-corrected chi connectivity index (χ2v) is 16.3. The molecule has 8 atom stereocenters. The molecule has 1 aromatic carbocycles. The zero-order valence-corrected chi connectivity index (χ0v) is 28.9. The number of carboxylic acid groups (broad SMARTS) is 1. The van der Waals surface area contributed by atoms with Gasteiger partial charge >= 0.3 is 5.97 Å². The Morgan fingerprint density at radius 3 is 2.12 bits per heavy atom. The molecule has 5 aliphatic rings. The third-order valence-electron chi connectivity index (χ3n) is 14.0. The highest BCUT2D eigenvalue weighted by Crippen LogP contribution is 2.76. The van der Waals surface area contributed by atoms with Gasteiger partial charge in [-0.1, -0.05) is 85.6 Å². The summed E-state index contributed by atoms with van der Waals surface area (Å²) in [6.45, 7) is 23.4. The number of carboxylic acids is 1. The van der Waals surface area contributed by atoms with Gasteiger partial charge in [0.15, 0.2) is 0 Å². The average Bonchev–Trinajstić information content (AvgIpc) is 3.39. The SMILES string of the molecule is C=CC.CC1(C)C(c2ccc(C(=O)O)cc2)=CCC2(C)C1CCC1(C)C2CCC2C3CCCC3(CN)CC[C@]21C.CCC. The summed E-state index contributed by atoms with van der Waals surface area (Å²) in [4.78, 5) is 11.4. The molecule has 0 radical (unpaired) electrons. The zero-order valence-electron chi connectivity index (χ0n) is 28.9. The number of benzene rings is 1. The van der Waals surface area contributed by atoms with Gasteiger partial charge in [-0.05, 0) is 145 Å². The summed E-state index contributed by atoms with van der Waals surface area (Å²) in [7, 11) is 0. The Hall–Kier alpha value is -1.87. The van der Waals surface area contributed by atoms with Gasteiger partial charge in [0.2, 0.25) is 0 Å². The minimum atomic E-state index is -0.851. The van der Waals surface area contributed by atoms with Crippen LogP contribution in [-0.4, -0.2) is 17.6 Å². The standard InChI is InChI=1S/C34H49NO2.C3H8.C3H6/c1-30(2)24(22-8-10-23(11-9-22)29(36)37)14-17-31(3)27(30)15-18-33(5)28(31)13-12-25-26-7-6-16-34(26,21-35)20-19-32(25,33)4;2*1-3-2/h8-11,14,25-28H,6-7,12-13,15-21,35H2,1-5H3,(H,36,37);3H2,1-2H3;3H,1H2,2H3/t25?,26?,27?,28?,31?,32-,33?,34?;;/m1../s1. The van der Waals surface area contributed by atoms with E-state index in [2.05, 4.69) is 61.1 Å². The van der Waals surface area contributed by atoms with Crippen LogP contribution in [0.5, 0.6) is 0 Å². The van der Waals surface area contributed by atoms with E-state index in [0.29, 0.717) is 33.1 Å². The predicted octanol–water partition coefficient (Wildman–Crippen LogP) is 10.8. The molecular formula is C40H63NO2. The number of allylic oxidation sites excluding steroid dienone is 3. The van der Waals surface area contributed by atoms with E-state index in [4.69, 9.17) is 5.73 Å². The number of carbonyl (C=O) groups is 1. The van der Waals surface area contributed by atoms with Gasteiger partial charge in [0.05, 0.1) is 5.56 Å². The van der Waals surface area contributed by atoms with Crippen molar-refractivity contribution in [3.8, 4) is 0 Å². The molecule has 0 spiro atoms. The van der Waals surface area contributed by atoms with Crippen LogP contribution in [-0.2, 0) is 0 Å². The highest BCUT2D eigenvalue weighted by molar-refractivity contribution is 5.88. The number of hydrogen-bond acceptors (Lipinski definition) is 2. The smallest absolute Gasteiger partial charge is 0.335 e. The van der Waals surface area contributed by atoms with E-state index in [-0.39, 0.29) is 5.41 Å². The molecule has 0 aromatic heterocycles. The van der Waals surface area contributed by atoms with Gasteiger partial charge in [-0.15, -0.1) is 6.58 Å². The molecule has 1 aromatic rings. The van der Waals surface area contributed by atoms with Crippen LogP contribution in [0.1, 0.15) is 142 Å². The van der Waals surface area contributed by atoms with Gasteiger partial charge < -0.3 is 10.8 Å². The number of rotatable bonds is 3. The van der Waals surface area contributed by atoms with Crippen LogP contribution >= 0.6 is 0 Å². The number of nitrogens with two attached hydrogens (primary N) is 1. The molecule has 0 heterocycles.